The molecule has 138 valence electrons. The highest BCUT2D eigenvalue weighted by atomic mass is 16.3. The topological polar surface area (TPSA) is 65.2 Å². The minimum atomic E-state index is 0.227. The van der Waals surface area contributed by atoms with Crippen molar-refractivity contribution in [2.24, 2.45) is 10.2 Å². The van der Waals surface area contributed by atoms with Crippen molar-refractivity contribution in [2.75, 3.05) is 0 Å². The van der Waals surface area contributed by atoms with Crippen LogP contribution in [0, 0.1) is 13.8 Å². The average molecular weight is 352 g/mol. The molecule has 0 aliphatic heterocycles. The van der Waals surface area contributed by atoms with Gasteiger partial charge in [-0.3, -0.25) is 0 Å². The van der Waals surface area contributed by atoms with Crippen LogP contribution in [0.15, 0.2) is 34.5 Å². The largest absolute Gasteiger partial charge is 0.507 e. The zero-order chi connectivity index (χ0) is 19.4. The SMILES string of the molecule is Cc1ccc(C(C)C)c(O)c1/C=N/N=C/c1c(C)ccc(C(C)C)c1O. The summed E-state index contributed by atoms with van der Waals surface area (Å²) in [4.78, 5) is 0. The van der Waals surface area contributed by atoms with E-state index >= 15 is 0 Å². The summed E-state index contributed by atoms with van der Waals surface area (Å²) in [5.41, 5.74) is 4.99. The summed E-state index contributed by atoms with van der Waals surface area (Å²) >= 11 is 0. The predicted octanol–water partition coefficient (Wildman–Crippen LogP) is 5.41. The van der Waals surface area contributed by atoms with Crippen LogP contribution in [-0.2, 0) is 0 Å². The zero-order valence-electron chi connectivity index (χ0n) is 16.4. The first-order chi connectivity index (χ1) is 12.2. The van der Waals surface area contributed by atoms with Gasteiger partial charge in [0.2, 0.25) is 0 Å². The summed E-state index contributed by atoms with van der Waals surface area (Å²) < 4.78 is 0. The summed E-state index contributed by atoms with van der Waals surface area (Å²) in [5, 5.41) is 29.1. The Hall–Kier alpha value is -2.62. The van der Waals surface area contributed by atoms with E-state index in [4.69, 9.17) is 0 Å². The third-order valence-electron chi connectivity index (χ3n) is 4.62. The summed E-state index contributed by atoms with van der Waals surface area (Å²) in [6.07, 6.45) is 3.12. The molecule has 0 fully saturated rings. The molecule has 2 aromatic carbocycles. The van der Waals surface area contributed by atoms with E-state index in [-0.39, 0.29) is 23.3 Å². The van der Waals surface area contributed by atoms with Gasteiger partial charge in [0, 0.05) is 11.1 Å². The van der Waals surface area contributed by atoms with Crippen molar-refractivity contribution < 1.29 is 10.2 Å². The van der Waals surface area contributed by atoms with Crippen LogP contribution in [0.3, 0.4) is 0 Å². The molecule has 0 bridgehead atoms. The van der Waals surface area contributed by atoms with Crippen molar-refractivity contribution in [2.45, 2.75) is 53.4 Å². The Balaban J connectivity index is 2.33. The first-order valence-corrected chi connectivity index (χ1v) is 8.95. The molecule has 0 heterocycles. The minimum Gasteiger partial charge on any atom is -0.507 e. The minimum absolute atomic E-state index is 0.227. The molecule has 0 atom stereocenters. The first-order valence-electron chi connectivity index (χ1n) is 8.95. The maximum atomic E-state index is 10.5. The monoisotopic (exact) mass is 352 g/mol. The summed E-state index contributed by atoms with van der Waals surface area (Å²) in [5.74, 6) is 0.953. The maximum absolute atomic E-state index is 10.5. The van der Waals surface area contributed by atoms with E-state index in [1.165, 1.54) is 0 Å². The van der Waals surface area contributed by atoms with Gasteiger partial charge in [-0.1, -0.05) is 52.0 Å². The lowest BCUT2D eigenvalue weighted by atomic mass is 9.96. The van der Waals surface area contributed by atoms with Crippen LogP contribution >= 0.6 is 0 Å². The van der Waals surface area contributed by atoms with E-state index in [0.29, 0.717) is 11.1 Å². The number of hydrogen-bond acceptors (Lipinski definition) is 4. The van der Waals surface area contributed by atoms with E-state index in [9.17, 15) is 10.2 Å². The molecule has 0 aromatic heterocycles. The third kappa shape index (κ3) is 4.13. The lowest BCUT2D eigenvalue weighted by Crippen LogP contribution is -1.96. The van der Waals surface area contributed by atoms with Crippen LogP contribution in [0.2, 0.25) is 0 Å². The van der Waals surface area contributed by atoms with E-state index in [0.717, 1.165) is 22.3 Å². The highest BCUT2D eigenvalue weighted by molar-refractivity contribution is 5.89. The van der Waals surface area contributed by atoms with E-state index < -0.39 is 0 Å². The second-order valence-corrected chi connectivity index (χ2v) is 7.27. The Morgan fingerprint density at radius 3 is 1.35 bits per heavy atom. The predicted molar refractivity (Wildman–Crippen MR) is 109 cm³/mol. The molecule has 0 spiro atoms. The van der Waals surface area contributed by atoms with Gasteiger partial charge >= 0.3 is 0 Å². The van der Waals surface area contributed by atoms with Gasteiger partial charge in [0.1, 0.15) is 11.5 Å². The second kappa shape index (κ2) is 8.17. The number of aromatic hydroxyl groups is 2. The third-order valence-corrected chi connectivity index (χ3v) is 4.62. The molecule has 0 radical (unpaired) electrons. The van der Waals surface area contributed by atoms with Gasteiger partial charge < -0.3 is 10.2 Å². The van der Waals surface area contributed by atoms with Crippen LogP contribution in [0.5, 0.6) is 11.5 Å². The molecule has 26 heavy (non-hydrogen) atoms. The van der Waals surface area contributed by atoms with Crippen LogP contribution in [-0.4, -0.2) is 22.6 Å². The molecule has 0 amide bonds. The fraction of sp³-hybridized carbons (Fsp3) is 0.364. The molecule has 0 saturated carbocycles. The Morgan fingerprint density at radius 1 is 0.692 bits per heavy atom. The van der Waals surface area contributed by atoms with Crippen LogP contribution < -0.4 is 0 Å². The van der Waals surface area contributed by atoms with Gasteiger partial charge in [0.25, 0.3) is 0 Å². The zero-order valence-corrected chi connectivity index (χ0v) is 16.4. The Morgan fingerprint density at radius 2 is 1.04 bits per heavy atom. The van der Waals surface area contributed by atoms with Crippen LogP contribution in [0.1, 0.15) is 72.9 Å². The van der Waals surface area contributed by atoms with E-state index in [1.807, 2.05) is 65.8 Å². The Kier molecular flexibility index (Phi) is 6.19. The Bertz CT molecular complexity index is 778. The molecular formula is C22H28N2O2. The van der Waals surface area contributed by atoms with Gasteiger partial charge in [-0.25, -0.2) is 0 Å². The number of benzene rings is 2. The molecule has 0 unspecified atom stereocenters. The smallest absolute Gasteiger partial charge is 0.128 e. The van der Waals surface area contributed by atoms with Gasteiger partial charge in [0.15, 0.2) is 0 Å². The molecule has 4 heteroatoms. The molecule has 0 saturated heterocycles. The molecule has 2 N–H and O–H groups in total. The molecular weight excluding hydrogens is 324 g/mol. The number of aryl methyl sites for hydroxylation is 2. The van der Waals surface area contributed by atoms with Crippen LogP contribution in [0.25, 0.3) is 0 Å². The number of hydrogen-bond donors (Lipinski definition) is 2. The van der Waals surface area contributed by atoms with Gasteiger partial charge in [-0.15, -0.1) is 0 Å². The quantitative estimate of drug-likeness (QED) is 0.558. The van der Waals surface area contributed by atoms with Crippen molar-refractivity contribution in [1.29, 1.82) is 0 Å². The molecule has 0 aliphatic carbocycles. The number of nitrogens with zero attached hydrogens (tertiary/aromatic N) is 2. The number of phenolic OH excluding ortho intramolecular Hbond substituents is 2. The van der Waals surface area contributed by atoms with Crippen molar-refractivity contribution in [3.63, 3.8) is 0 Å². The molecule has 4 nitrogen and oxygen atoms in total. The number of phenols is 2. The summed E-state index contributed by atoms with van der Waals surface area (Å²) in [7, 11) is 0. The summed E-state index contributed by atoms with van der Waals surface area (Å²) in [6, 6.07) is 7.83. The highest BCUT2D eigenvalue weighted by Crippen LogP contribution is 2.31. The van der Waals surface area contributed by atoms with Crippen molar-refractivity contribution in [3.05, 3.63) is 57.6 Å². The summed E-state index contributed by atoms with van der Waals surface area (Å²) in [6.45, 7) is 12.0. The first kappa shape index (κ1) is 19.7. The van der Waals surface area contributed by atoms with Crippen molar-refractivity contribution in [3.8, 4) is 11.5 Å². The van der Waals surface area contributed by atoms with Crippen LogP contribution in [0.4, 0.5) is 0 Å². The highest BCUT2D eigenvalue weighted by Gasteiger charge is 2.12. The fourth-order valence-corrected chi connectivity index (χ4v) is 2.89. The number of rotatable bonds is 5. The lowest BCUT2D eigenvalue weighted by Gasteiger charge is -2.12. The van der Waals surface area contributed by atoms with E-state index in [2.05, 4.69) is 10.2 Å². The molecule has 2 rings (SSSR count). The van der Waals surface area contributed by atoms with Gasteiger partial charge in [0.05, 0.1) is 12.4 Å². The second-order valence-electron chi connectivity index (χ2n) is 7.27. The lowest BCUT2D eigenvalue weighted by molar-refractivity contribution is 0.463. The standard InChI is InChI=1S/C22H28N2O2/c1-13(2)17-9-7-15(5)19(21(17)25)11-23-24-12-20-16(6)8-10-18(14(3)4)22(20)26/h7-14,25-26H,1-6H3/b23-11+,24-12+. The fourth-order valence-electron chi connectivity index (χ4n) is 2.89. The molecule has 0 aliphatic rings. The maximum Gasteiger partial charge on any atom is 0.128 e. The average Bonchev–Trinajstić information content (AvgIpc) is 2.55. The van der Waals surface area contributed by atoms with Gasteiger partial charge in [-0.2, -0.15) is 10.2 Å². The van der Waals surface area contributed by atoms with Crippen molar-refractivity contribution >= 4 is 12.4 Å². The van der Waals surface area contributed by atoms with Gasteiger partial charge in [-0.05, 0) is 47.9 Å². The van der Waals surface area contributed by atoms with Crippen molar-refractivity contribution in [1.82, 2.24) is 0 Å². The molecule has 2 aromatic rings. The van der Waals surface area contributed by atoms with E-state index in [1.54, 1.807) is 12.4 Å². The Labute approximate surface area is 155 Å². The normalized spacial score (nSPS) is 12.2.